The number of rotatable bonds is 3. The van der Waals surface area contributed by atoms with Crippen molar-refractivity contribution in [3.8, 4) is 5.75 Å². The molecular weight excluding hydrogens is 246 g/mol. The normalized spacial score (nSPS) is 10.9. The Morgan fingerprint density at radius 2 is 2.28 bits per heavy atom. The molecule has 0 amide bonds. The third-order valence-electron chi connectivity index (χ3n) is 2.88. The van der Waals surface area contributed by atoms with E-state index in [1.165, 1.54) is 4.88 Å². The first-order valence-electron chi connectivity index (χ1n) is 5.60. The van der Waals surface area contributed by atoms with Crippen molar-refractivity contribution >= 4 is 28.3 Å². The molecule has 0 aliphatic rings. The Bertz CT molecular complexity index is 673. The summed E-state index contributed by atoms with van der Waals surface area (Å²) in [6.07, 6.45) is 0. The van der Waals surface area contributed by atoms with Crippen LogP contribution in [0.25, 0.3) is 11.0 Å². The van der Waals surface area contributed by atoms with Crippen LogP contribution in [-0.4, -0.2) is 16.7 Å². The Labute approximate surface area is 109 Å². The molecule has 4 nitrogen and oxygen atoms in total. The van der Waals surface area contributed by atoms with E-state index < -0.39 is 0 Å². The van der Waals surface area contributed by atoms with Crippen LogP contribution in [-0.2, 0) is 6.54 Å². The zero-order chi connectivity index (χ0) is 12.5. The minimum Gasteiger partial charge on any atom is -0.497 e. The molecule has 3 rings (SSSR count). The number of nitrogens with zero attached hydrogens (tertiary/aromatic N) is 2. The highest BCUT2D eigenvalue weighted by molar-refractivity contribution is 7.09. The smallest absolute Gasteiger partial charge is 0.201 e. The Balaban J connectivity index is 2.08. The fourth-order valence-electron chi connectivity index (χ4n) is 1.98. The molecule has 2 heterocycles. The van der Waals surface area contributed by atoms with E-state index in [0.29, 0.717) is 5.95 Å². The van der Waals surface area contributed by atoms with Gasteiger partial charge in [-0.1, -0.05) is 6.07 Å². The van der Waals surface area contributed by atoms with Crippen molar-refractivity contribution in [2.24, 2.45) is 0 Å². The molecule has 0 aliphatic carbocycles. The summed E-state index contributed by atoms with van der Waals surface area (Å²) < 4.78 is 7.20. The van der Waals surface area contributed by atoms with Crippen LogP contribution < -0.4 is 10.5 Å². The standard InChI is InChI=1S/C13H13N3OS/c1-17-9-4-5-12-11(7-9)15-13(14)16(12)8-10-3-2-6-18-10/h2-7H,8H2,1H3,(H2,14,15). The van der Waals surface area contributed by atoms with E-state index in [0.717, 1.165) is 23.3 Å². The number of anilines is 1. The predicted octanol–water partition coefficient (Wildman–Crippen LogP) is 2.74. The molecule has 0 saturated heterocycles. The van der Waals surface area contributed by atoms with Gasteiger partial charge in [-0.25, -0.2) is 4.98 Å². The van der Waals surface area contributed by atoms with Gasteiger partial charge in [-0.05, 0) is 23.6 Å². The number of nitrogen functional groups attached to an aromatic ring is 1. The summed E-state index contributed by atoms with van der Waals surface area (Å²) in [5.41, 5.74) is 7.87. The van der Waals surface area contributed by atoms with Gasteiger partial charge in [0.05, 0.1) is 24.7 Å². The van der Waals surface area contributed by atoms with Gasteiger partial charge < -0.3 is 15.0 Å². The number of hydrogen-bond donors (Lipinski definition) is 1. The highest BCUT2D eigenvalue weighted by atomic mass is 32.1. The largest absolute Gasteiger partial charge is 0.497 e. The third-order valence-corrected chi connectivity index (χ3v) is 3.74. The average molecular weight is 259 g/mol. The van der Waals surface area contributed by atoms with E-state index in [4.69, 9.17) is 10.5 Å². The van der Waals surface area contributed by atoms with Crippen molar-refractivity contribution in [2.45, 2.75) is 6.54 Å². The van der Waals surface area contributed by atoms with Gasteiger partial charge in [0.2, 0.25) is 5.95 Å². The number of fused-ring (bicyclic) bond motifs is 1. The number of methoxy groups -OCH3 is 1. The highest BCUT2D eigenvalue weighted by Crippen LogP contribution is 2.24. The maximum absolute atomic E-state index is 5.98. The van der Waals surface area contributed by atoms with Crippen molar-refractivity contribution in [2.75, 3.05) is 12.8 Å². The molecule has 3 aromatic rings. The summed E-state index contributed by atoms with van der Waals surface area (Å²) >= 11 is 1.72. The Morgan fingerprint density at radius 1 is 1.39 bits per heavy atom. The first kappa shape index (κ1) is 11.1. The molecule has 0 spiro atoms. The molecule has 0 atom stereocenters. The van der Waals surface area contributed by atoms with Crippen molar-refractivity contribution in [3.63, 3.8) is 0 Å². The van der Waals surface area contributed by atoms with E-state index in [1.807, 2.05) is 28.8 Å². The molecule has 2 N–H and O–H groups in total. The van der Waals surface area contributed by atoms with Gasteiger partial charge in [0.25, 0.3) is 0 Å². The second-order valence-corrected chi connectivity index (χ2v) is 5.02. The van der Waals surface area contributed by atoms with Crippen LogP contribution in [0.1, 0.15) is 4.88 Å². The van der Waals surface area contributed by atoms with Gasteiger partial charge in [0, 0.05) is 10.9 Å². The lowest BCUT2D eigenvalue weighted by atomic mass is 10.3. The second-order valence-electron chi connectivity index (χ2n) is 3.99. The van der Waals surface area contributed by atoms with Crippen LogP contribution >= 0.6 is 11.3 Å². The van der Waals surface area contributed by atoms with Crippen LogP contribution in [0.4, 0.5) is 5.95 Å². The van der Waals surface area contributed by atoms with Crippen LogP contribution in [0.5, 0.6) is 5.75 Å². The molecule has 0 saturated carbocycles. The Kier molecular flexibility index (Phi) is 2.68. The molecule has 0 bridgehead atoms. The van der Waals surface area contributed by atoms with Gasteiger partial charge >= 0.3 is 0 Å². The van der Waals surface area contributed by atoms with Gasteiger partial charge in [0.15, 0.2) is 0 Å². The fourth-order valence-corrected chi connectivity index (χ4v) is 2.67. The van der Waals surface area contributed by atoms with Crippen molar-refractivity contribution in [1.29, 1.82) is 0 Å². The molecule has 0 radical (unpaired) electrons. The number of hydrogen-bond acceptors (Lipinski definition) is 4. The van der Waals surface area contributed by atoms with Crippen LogP contribution in [0.3, 0.4) is 0 Å². The zero-order valence-electron chi connectivity index (χ0n) is 9.96. The molecule has 0 unspecified atom stereocenters. The lowest BCUT2D eigenvalue weighted by Gasteiger charge is -2.04. The van der Waals surface area contributed by atoms with Crippen molar-refractivity contribution < 1.29 is 4.74 Å². The van der Waals surface area contributed by atoms with E-state index in [2.05, 4.69) is 16.4 Å². The van der Waals surface area contributed by atoms with Gasteiger partial charge in [-0.2, -0.15) is 0 Å². The van der Waals surface area contributed by atoms with Crippen LogP contribution in [0, 0.1) is 0 Å². The van der Waals surface area contributed by atoms with E-state index in [9.17, 15) is 0 Å². The molecule has 1 aromatic carbocycles. The number of ether oxygens (including phenoxy) is 1. The number of benzene rings is 1. The lowest BCUT2D eigenvalue weighted by Crippen LogP contribution is -2.03. The number of aromatic nitrogens is 2. The van der Waals surface area contributed by atoms with Gasteiger partial charge in [-0.15, -0.1) is 11.3 Å². The maximum atomic E-state index is 5.98. The first-order chi connectivity index (χ1) is 8.78. The fraction of sp³-hybridized carbons (Fsp3) is 0.154. The zero-order valence-corrected chi connectivity index (χ0v) is 10.8. The van der Waals surface area contributed by atoms with Crippen molar-refractivity contribution in [1.82, 2.24) is 9.55 Å². The van der Waals surface area contributed by atoms with Gasteiger partial charge in [-0.3, -0.25) is 0 Å². The maximum Gasteiger partial charge on any atom is 0.201 e. The minimum absolute atomic E-state index is 0.534. The van der Waals surface area contributed by atoms with Crippen molar-refractivity contribution in [3.05, 3.63) is 40.6 Å². The summed E-state index contributed by atoms with van der Waals surface area (Å²) in [6, 6.07) is 9.95. The first-order valence-corrected chi connectivity index (χ1v) is 6.48. The van der Waals surface area contributed by atoms with E-state index in [1.54, 1.807) is 18.4 Å². The molecule has 92 valence electrons. The van der Waals surface area contributed by atoms with Gasteiger partial charge in [0.1, 0.15) is 5.75 Å². The molecule has 0 fully saturated rings. The monoisotopic (exact) mass is 259 g/mol. The Hall–Kier alpha value is -2.01. The molecule has 0 aliphatic heterocycles. The summed E-state index contributed by atoms with van der Waals surface area (Å²) in [5.74, 6) is 1.33. The Morgan fingerprint density at radius 3 is 3.00 bits per heavy atom. The van der Waals surface area contributed by atoms with Crippen LogP contribution in [0.15, 0.2) is 35.7 Å². The quantitative estimate of drug-likeness (QED) is 0.787. The average Bonchev–Trinajstić information content (AvgIpc) is 2.98. The predicted molar refractivity (Wildman–Crippen MR) is 74.1 cm³/mol. The number of thiophene rings is 1. The summed E-state index contributed by atoms with van der Waals surface area (Å²) in [4.78, 5) is 5.63. The van der Waals surface area contributed by atoms with Crippen LogP contribution in [0.2, 0.25) is 0 Å². The minimum atomic E-state index is 0.534. The number of nitrogens with two attached hydrogens (primary N) is 1. The molecular formula is C13H13N3OS. The number of imidazole rings is 1. The second kappa shape index (κ2) is 4.34. The molecule has 5 heteroatoms. The van der Waals surface area contributed by atoms with E-state index >= 15 is 0 Å². The molecule has 18 heavy (non-hydrogen) atoms. The summed E-state index contributed by atoms with van der Waals surface area (Å²) in [6.45, 7) is 0.756. The van der Waals surface area contributed by atoms with E-state index in [-0.39, 0.29) is 0 Å². The lowest BCUT2D eigenvalue weighted by molar-refractivity contribution is 0.415. The summed E-state index contributed by atoms with van der Waals surface area (Å²) in [7, 11) is 1.65. The highest BCUT2D eigenvalue weighted by Gasteiger charge is 2.09. The SMILES string of the molecule is COc1ccc2c(c1)nc(N)n2Cc1cccs1. The molecule has 2 aromatic heterocycles. The summed E-state index contributed by atoms with van der Waals surface area (Å²) in [5, 5.41) is 2.06. The topological polar surface area (TPSA) is 53.1 Å². The third kappa shape index (κ3) is 1.82.